The highest BCUT2D eigenvalue weighted by Gasteiger charge is 2.39. The zero-order valence-electron chi connectivity index (χ0n) is 15.5. The molecule has 0 aliphatic carbocycles. The average Bonchev–Trinajstić information content (AvgIpc) is 3.34. The van der Waals surface area contributed by atoms with E-state index in [0.29, 0.717) is 18.5 Å². The molecular formula is C22H18N4O3. The smallest absolute Gasteiger partial charge is 0.255 e. The van der Waals surface area contributed by atoms with Crippen molar-refractivity contribution in [3.8, 4) is 17.1 Å². The summed E-state index contributed by atoms with van der Waals surface area (Å²) in [4.78, 5) is 42.5. The summed E-state index contributed by atoms with van der Waals surface area (Å²) >= 11 is 0. The molecule has 7 heteroatoms. The zero-order chi connectivity index (χ0) is 20.0. The molecule has 1 atom stereocenters. The van der Waals surface area contributed by atoms with Crippen LogP contribution in [0, 0.1) is 0 Å². The Hall–Kier alpha value is -3.74. The van der Waals surface area contributed by atoms with Crippen molar-refractivity contribution in [2.24, 2.45) is 0 Å². The SMILES string of the molecule is O=C1CCC(N2Cc3cc(-c4nccn4-c4ccccc4)ccc3C2=O)C(=O)N1. The monoisotopic (exact) mass is 386 g/mol. The van der Waals surface area contributed by atoms with Crippen LogP contribution in [-0.2, 0) is 16.1 Å². The van der Waals surface area contributed by atoms with Gasteiger partial charge in [-0.3, -0.25) is 24.3 Å². The minimum Gasteiger partial charge on any atom is -0.322 e. The van der Waals surface area contributed by atoms with Crippen LogP contribution < -0.4 is 5.32 Å². The average molecular weight is 386 g/mol. The Morgan fingerprint density at radius 1 is 1.03 bits per heavy atom. The van der Waals surface area contributed by atoms with Gasteiger partial charge < -0.3 is 4.90 Å². The largest absolute Gasteiger partial charge is 0.322 e. The fraction of sp³-hybridized carbons (Fsp3) is 0.182. The summed E-state index contributed by atoms with van der Waals surface area (Å²) in [5.41, 5.74) is 3.35. The number of hydrogen-bond acceptors (Lipinski definition) is 4. The zero-order valence-corrected chi connectivity index (χ0v) is 15.5. The minimum absolute atomic E-state index is 0.174. The molecule has 0 spiro atoms. The maximum Gasteiger partial charge on any atom is 0.255 e. The second kappa shape index (κ2) is 6.70. The van der Waals surface area contributed by atoms with Gasteiger partial charge in [0, 0.05) is 42.2 Å². The van der Waals surface area contributed by atoms with E-state index >= 15 is 0 Å². The standard InChI is InChI=1S/C22H18N4O3/c27-19-9-8-18(21(28)24-19)26-13-15-12-14(6-7-17(15)22(26)29)20-23-10-11-25(20)16-4-2-1-3-5-16/h1-7,10-12,18H,8-9,13H2,(H,24,27,28). The van der Waals surface area contributed by atoms with E-state index in [-0.39, 0.29) is 18.2 Å². The highest BCUT2D eigenvalue weighted by atomic mass is 16.2. The van der Waals surface area contributed by atoms with Crippen molar-refractivity contribution in [3.63, 3.8) is 0 Å². The Balaban J connectivity index is 1.47. The van der Waals surface area contributed by atoms with E-state index in [2.05, 4.69) is 10.3 Å². The van der Waals surface area contributed by atoms with Gasteiger partial charge in [0.1, 0.15) is 11.9 Å². The first-order valence-electron chi connectivity index (χ1n) is 9.48. The third-order valence-electron chi connectivity index (χ3n) is 5.46. The molecule has 0 bridgehead atoms. The number of rotatable bonds is 3. The van der Waals surface area contributed by atoms with E-state index in [0.717, 1.165) is 22.6 Å². The summed E-state index contributed by atoms with van der Waals surface area (Å²) < 4.78 is 2.00. The van der Waals surface area contributed by atoms with Gasteiger partial charge in [0.2, 0.25) is 11.8 Å². The molecule has 1 saturated heterocycles. The van der Waals surface area contributed by atoms with Crippen LogP contribution in [0.15, 0.2) is 60.9 Å². The first-order valence-corrected chi connectivity index (χ1v) is 9.48. The number of carbonyl (C=O) groups is 3. The van der Waals surface area contributed by atoms with Gasteiger partial charge in [-0.15, -0.1) is 0 Å². The lowest BCUT2D eigenvalue weighted by Gasteiger charge is -2.29. The predicted octanol–water partition coefficient (Wildman–Crippen LogP) is 2.30. The van der Waals surface area contributed by atoms with Crippen LogP contribution in [0.5, 0.6) is 0 Å². The highest BCUT2D eigenvalue weighted by Crippen LogP contribution is 2.31. The van der Waals surface area contributed by atoms with Crippen LogP contribution in [0.3, 0.4) is 0 Å². The van der Waals surface area contributed by atoms with E-state index in [9.17, 15) is 14.4 Å². The first-order chi connectivity index (χ1) is 14.1. The number of benzene rings is 2. The number of fused-ring (bicyclic) bond motifs is 1. The molecule has 29 heavy (non-hydrogen) atoms. The fourth-order valence-corrected chi connectivity index (χ4v) is 4.03. The molecule has 3 aromatic rings. The summed E-state index contributed by atoms with van der Waals surface area (Å²) in [6.45, 7) is 0.348. The van der Waals surface area contributed by atoms with Crippen molar-refractivity contribution in [1.29, 1.82) is 0 Å². The van der Waals surface area contributed by atoms with Gasteiger partial charge in [-0.05, 0) is 36.2 Å². The molecule has 144 valence electrons. The van der Waals surface area contributed by atoms with E-state index < -0.39 is 11.9 Å². The predicted molar refractivity (Wildman–Crippen MR) is 105 cm³/mol. The Labute approximate surface area is 167 Å². The summed E-state index contributed by atoms with van der Waals surface area (Å²) in [6, 6.07) is 14.9. The fourth-order valence-electron chi connectivity index (χ4n) is 4.03. The van der Waals surface area contributed by atoms with E-state index in [1.807, 2.05) is 53.2 Å². The lowest BCUT2D eigenvalue weighted by atomic mass is 10.0. The maximum absolute atomic E-state index is 12.8. The molecule has 7 nitrogen and oxygen atoms in total. The van der Waals surface area contributed by atoms with Gasteiger partial charge in [0.15, 0.2) is 0 Å². The molecule has 1 fully saturated rings. The first kappa shape index (κ1) is 17.4. The van der Waals surface area contributed by atoms with E-state index in [1.54, 1.807) is 17.2 Å². The third-order valence-corrected chi connectivity index (χ3v) is 5.46. The lowest BCUT2D eigenvalue weighted by Crippen LogP contribution is -2.52. The van der Waals surface area contributed by atoms with Crippen molar-refractivity contribution in [1.82, 2.24) is 19.8 Å². The van der Waals surface area contributed by atoms with Gasteiger partial charge >= 0.3 is 0 Å². The number of imide groups is 1. The van der Waals surface area contributed by atoms with Crippen LogP contribution in [-0.4, -0.2) is 38.2 Å². The number of nitrogens with zero attached hydrogens (tertiary/aromatic N) is 3. The highest BCUT2D eigenvalue weighted by molar-refractivity contribution is 6.05. The summed E-state index contributed by atoms with van der Waals surface area (Å²) in [5.74, 6) is -0.0777. The molecule has 2 aromatic carbocycles. The second-order valence-electron chi connectivity index (χ2n) is 7.23. The van der Waals surface area contributed by atoms with E-state index in [4.69, 9.17) is 0 Å². The molecule has 0 saturated carbocycles. The van der Waals surface area contributed by atoms with Crippen molar-refractivity contribution < 1.29 is 14.4 Å². The summed E-state index contributed by atoms with van der Waals surface area (Å²) in [7, 11) is 0. The van der Waals surface area contributed by atoms with E-state index in [1.165, 1.54) is 0 Å². The van der Waals surface area contributed by atoms with Crippen molar-refractivity contribution >= 4 is 17.7 Å². The molecule has 3 amide bonds. The Kier molecular flexibility index (Phi) is 4.01. The Morgan fingerprint density at radius 2 is 1.86 bits per heavy atom. The number of aromatic nitrogens is 2. The second-order valence-corrected chi connectivity index (χ2v) is 7.23. The molecule has 1 aromatic heterocycles. The molecule has 1 N–H and O–H groups in total. The van der Waals surface area contributed by atoms with Gasteiger partial charge in [0.25, 0.3) is 5.91 Å². The number of piperidine rings is 1. The number of para-hydroxylation sites is 1. The van der Waals surface area contributed by atoms with Crippen molar-refractivity contribution in [3.05, 3.63) is 72.1 Å². The van der Waals surface area contributed by atoms with Crippen LogP contribution in [0.4, 0.5) is 0 Å². The molecule has 0 radical (unpaired) electrons. The molecule has 2 aliphatic heterocycles. The topological polar surface area (TPSA) is 84.3 Å². The van der Waals surface area contributed by atoms with Crippen LogP contribution in [0.25, 0.3) is 17.1 Å². The summed E-state index contributed by atoms with van der Waals surface area (Å²) in [5, 5.41) is 2.33. The summed E-state index contributed by atoms with van der Waals surface area (Å²) in [6.07, 6.45) is 4.25. The molecule has 1 unspecified atom stereocenters. The molecule has 5 rings (SSSR count). The molecule has 3 heterocycles. The van der Waals surface area contributed by atoms with Gasteiger partial charge in [-0.25, -0.2) is 4.98 Å². The Bertz CT molecular complexity index is 1140. The number of imidazole rings is 1. The maximum atomic E-state index is 12.8. The lowest BCUT2D eigenvalue weighted by molar-refractivity contribution is -0.136. The van der Waals surface area contributed by atoms with Crippen molar-refractivity contribution in [2.45, 2.75) is 25.4 Å². The van der Waals surface area contributed by atoms with Crippen LogP contribution >= 0.6 is 0 Å². The number of amides is 3. The molecule has 2 aliphatic rings. The number of nitrogens with one attached hydrogen (secondary N) is 1. The van der Waals surface area contributed by atoms with Crippen LogP contribution in [0.2, 0.25) is 0 Å². The Morgan fingerprint density at radius 3 is 2.66 bits per heavy atom. The van der Waals surface area contributed by atoms with Crippen molar-refractivity contribution in [2.75, 3.05) is 0 Å². The quantitative estimate of drug-likeness (QED) is 0.700. The third kappa shape index (κ3) is 2.91. The van der Waals surface area contributed by atoms with Gasteiger partial charge in [0.05, 0.1) is 0 Å². The number of hydrogen-bond donors (Lipinski definition) is 1. The van der Waals surface area contributed by atoms with Gasteiger partial charge in [-0.1, -0.05) is 24.3 Å². The normalized spacial score (nSPS) is 18.7. The van der Waals surface area contributed by atoms with Crippen LogP contribution in [0.1, 0.15) is 28.8 Å². The number of carbonyl (C=O) groups excluding carboxylic acids is 3. The minimum atomic E-state index is -0.609. The molecular weight excluding hydrogens is 368 g/mol. The van der Waals surface area contributed by atoms with Gasteiger partial charge in [-0.2, -0.15) is 0 Å².